The summed E-state index contributed by atoms with van der Waals surface area (Å²) in [6.45, 7) is 3.04. The van der Waals surface area contributed by atoms with Crippen LogP contribution in [0.15, 0.2) is 38.6 Å². The Hall–Kier alpha value is 0.130. The van der Waals surface area contributed by atoms with Gasteiger partial charge in [0.1, 0.15) is 0 Å². The van der Waals surface area contributed by atoms with Crippen molar-refractivity contribution in [2.24, 2.45) is 0 Å². The van der Waals surface area contributed by atoms with Gasteiger partial charge in [-0.1, -0.05) is 40.5 Å². The number of halogens is 3. The summed E-state index contributed by atoms with van der Waals surface area (Å²) < 4.78 is 2.15. The van der Waals surface area contributed by atoms with Gasteiger partial charge < -0.3 is 5.32 Å². The van der Waals surface area contributed by atoms with Gasteiger partial charge in [0.05, 0.1) is 0 Å². The minimum Gasteiger partial charge on any atom is -0.310 e. The van der Waals surface area contributed by atoms with Crippen LogP contribution >= 0.6 is 54.8 Å². The second kappa shape index (κ2) is 7.23. The second-order valence-electron chi connectivity index (χ2n) is 4.21. The van der Waals surface area contributed by atoms with E-state index in [0.29, 0.717) is 0 Å². The molecular formula is C14H14Br2ClNS. The second-order valence-corrected chi connectivity index (χ2v) is 7.45. The fourth-order valence-corrected chi connectivity index (χ4v) is 4.29. The van der Waals surface area contributed by atoms with E-state index in [2.05, 4.69) is 61.6 Å². The molecule has 1 nitrogen and oxygen atoms in total. The van der Waals surface area contributed by atoms with E-state index in [9.17, 15) is 0 Å². The van der Waals surface area contributed by atoms with Crippen molar-refractivity contribution in [3.63, 3.8) is 0 Å². The standard InChI is InChI=1S/C14H14Br2ClNS/c1-2-18-14(7-11-5-10(16)8-19-11)12-4-3-9(15)6-13(12)17/h3-6,8,14,18H,2,7H2,1H3. The molecular weight excluding hydrogens is 409 g/mol. The smallest absolute Gasteiger partial charge is 0.0465 e. The number of rotatable bonds is 5. The van der Waals surface area contributed by atoms with Gasteiger partial charge in [-0.15, -0.1) is 11.3 Å². The van der Waals surface area contributed by atoms with E-state index in [1.54, 1.807) is 11.3 Å². The SMILES string of the molecule is CCNC(Cc1cc(Br)cs1)c1ccc(Br)cc1Cl. The third-order valence-corrected chi connectivity index (χ3v) is 5.36. The summed E-state index contributed by atoms with van der Waals surface area (Å²) in [6, 6.07) is 8.49. The zero-order chi connectivity index (χ0) is 13.8. The van der Waals surface area contributed by atoms with Crippen LogP contribution in [0.4, 0.5) is 0 Å². The molecule has 0 saturated carbocycles. The van der Waals surface area contributed by atoms with Crippen molar-refractivity contribution in [1.82, 2.24) is 5.32 Å². The Balaban J connectivity index is 2.23. The molecule has 1 atom stereocenters. The van der Waals surface area contributed by atoms with Crippen LogP contribution in [0.25, 0.3) is 0 Å². The number of hydrogen-bond acceptors (Lipinski definition) is 2. The lowest BCUT2D eigenvalue weighted by molar-refractivity contribution is 0.553. The molecule has 0 fully saturated rings. The van der Waals surface area contributed by atoms with Crippen LogP contribution < -0.4 is 5.32 Å². The van der Waals surface area contributed by atoms with Crippen molar-refractivity contribution < 1.29 is 0 Å². The predicted molar refractivity (Wildman–Crippen MR) is 91.3 cm³/mol. The predicted octanol–water partition coefficient (Wildman–Crippen LogP) is 5.82. The van der Waals surface area contributed by atoms with Gasteiger partial charge in [-0.2, -0.15) is 0 Å². The first-order valence-electron chi connectivity index (χ1n) is 6.01. The van der Waals surface area contributed by atoms with Crippen molar-refractivity contribution in [3.05, 3.63) is 54.1 Å². The topological polar surface area (TPSA) is 12.0 Å². The molecule has 0 aliphatic heterocycles. The molecule has 102 valence electrons. The highest BCUT2D eigenvalue weighted by atomic mass is 79.9. The average Bonchev–Trinajstić information content (AvgIpc) is 2.74. The first kappa shape index (κ1) is 15.5. The highest BCUT2D eigenvalue weighted by Crippen LogP contribution is 2.30. The van der Waals surface area contributed by atoms with Crippen molar-refractivity contribution in [3.8, 4) is 0 Å². The number of hydrogen-bond donors (Lipinski definition) is 1. The number of likely N-dealkylation sites (N-methyl/N-ethyl adjacent to an activating group) is 1. The van der Waals surface area contributed by atoms with Gasteiger partial charge >= 0.3 is 0 Å². The van der Waals surface area contributed by atoms with Crippen molar-refractivity contribution >= 4 is 54.8 Å². The van der Waals surface area contributed by atoms with Gasteiger partial charge in [0.25, 0.3) is 0 Å². The van der Waals surface area contributed by atoms with Crippen molar-refractivity contribution in [2.75, 3.05) is 6.54 Å². The quantitative estimate of drug-likeness (QED) is 0.639. The Morgan fingerprint density at radius 1 is 1.26 bits per heavy atom. The summed E-state index contributed by atoms with van der Waals surface area (Å²) in [5, 5.41) is 6.42. The normalized spacial score (nSPS) is 12.6. The fourth-order valence-electron chi connectivity index (χ4n) is 1.98. The Bertz CT molecular complexity index is 556. The largest absolute Gasteiger partial charge is 0.310 e. The summed E-state index contributed by atoms with van der Waals surface area (Å²) in [5.41, 5.74) is 1.15. The average molecular weight is 424 g/mol. The minimum absolute atomic E-state index is 0.246. The van der Waals surface area contributed by atoms with Gasteiger partial charge in [-0.25, -0.2) is 0 Å². The van der Waals surface area contributed by atoms with Crippen LogP contribution in [-0.4, -0.2) is 6.54 Å². The van der Waals surface area contributed by atoms with Crippen LogP contribution in [0.2, 0.25) is 5.02 Å². The molecule has 1 aromatic carbocycles. The summed E-state index contributed by atoms with van der Waals surface area (Å²) in [6.07, 6.45) is 0.950. The van der Waals surface area contributed by atoms with E-state index in [1.807, 2.05) is 12.1 Å². The van der Waals surface area contributed by atoms with Crippen molar-refractivity contribution in [2.45, 2.75) is 19.4 Å². The molecule has 1 N–H and O–H groups in total. The molecule has 0 aliphatic rings. The van der Waals surface area contributed by atoms with E-state index in [1.165, 1.54) is 4.88 Å². The summed E-state index contributed by atoms with van der Waals surface area (Å²) in [7, 11) is 0. The molecule has 1 aromatic heterocycles. The molecule has 1 unspecified atom stereocenters. The maximum absolute atomic E-state index is 6.36. The van der Waals surface area contributed by atoms with E-state index in [4.69, 9.17) is 11.6 Å². The molecule has 0 bridgehead atoms. The van der Waals surface area contributed by atoms with Crippen LogP contribution in [0.5, 0.6) is 0 Å². The third-order valence-electron chi connectivity index (χ3n) is 2.82. The van der Waals surface area contributed by atoms with Crippen molar-refractivity contribution in [1.29, 1.82) is 0 Å². The number of thiophene rings is 1. The zero-order valence-electron chi connectivity index (χ0n) is 10.4. The number of nitrogens with one attached hydrogen (secondary N) is 1. The van der Waals surface area contributed by atoms with Crippen LogP contribution in [0, 0.1) is 0 Å². The van der Waals surface area contributed by atoms with Gasteiger partial charge in [0.2, 0.25) is 0 Å². The van der Waals surface area contributed by atoms with Gasteiger partial charge in [-0.05, 0) is 46.2 Å². The van der Waals surface area contributed by atoms with E-state index < -0.39 is 0 Å². The molecule has 1 heterocycles. The number of benzene rings is 1. The summed E-state index contributed by atoms with van der Waals surface area (Å²) in [4.78, 5) is 1.34. The van der Waals surface area contributed by atoms with E-state index in [-0.39, 0.29) is 6.04 Å². The molecule has 0 amide bonds. The Morgan fingerprint density at radius 3 is 2.63 bits per heavy atom. The molecule has 0 spiro atoms. The first-order valence-corrected chi connectivity index (χ1v) is 8.85. The van der Waals surface area contributed by atoms with Crippen LogP contribution in [0.3, 0.4) is 0 Å². The monoisotopic (exact) mass is 421 g/mol. The van der Waals surface area contributed by atoms with Gasteiger partial charge in [0, 0.05) is 36.7 Å². The van der Waals surface area contributed by atoms with Crippen LogP contribution in [0.1, 0.15) is 23.4 Å². The molecule has 0 radical (unpaired) electrons. The van der Waals surface area contributed by atoms with E-state index >= 15 is 0 Å². The third kappa shape index (κ3) is 4.30. The summed E-state index contributed by atoms with van der Waals surface area (Å²) in [5.74, 6) is 0. The Morgan fingerprint density at radius 2 is 2.05 bits per heavy atom. The van der Waals surface area contributed by atoms with Crippen LogP contribution in [-0.2, 0) is 6.42 Å². The molecule has 2 rings (SSSR count). The highest BCUT2D eigenvalue weighted by molar-refractivity contribution is 9.10. The lowest BCUT2D eigenvalue weighted by atomic mass is 10.0. The molecule has 5 heteroatoms. The minimum atomic E-state index is 0.246. The fraction of sp³-hybridized carbons (Fsp3) is 0.286. The summed E-state index contributed by atoms with van der Waals surface area (Å²) >= 11 is 15.1. The molecule has 2 aromatic rings. The molecule has 19 heavy (non-hydrogen) atoms. The lowest BCUT2D eigenvalue weighted by Crippen LogP contribution is -2.23. The molecule has 0 aliphatic carbocycles. The Labute approximate surface area is 139 Å². The molecule has 0 saturated heterocycles. The Kier molecular flexibility index (Phi) is 5.90. The maximum atomic E-state index is 6.36. The van der Waals surface area contributed by atoms with E-state index in [0.717, 1.165) is 32.5 Å². The lowest BCUT2D eigenvalue weighted by Gasteiger charge is -2.19. The zero-order valence-corrected chi connectivity index (χ0v) is 15.2. The van der Waals surface area contributed by atoms with Gasteiger partial charge in [-0.3, -0.25) is 0 Å². The highest BCUT2D eigenvalue weighted by Gasteiger charge is 2.15. The maximum Gasteiger partial charge on any atom is 0.0465 e. The van der Waals surface area contributed by atoms with Gasteiger partial charge in [0.15, 0.2) is 0 Å². The first-order chi connectivity index (χ1) is 9.10.